The van der Waals surface area contributed by atoms with E-state index in [0.29, 0.717) is 23.7 Å². The van der Waals surface area contributed by atoms with E-state index < -0.39 is 16.8 Å². The first-order valence-electron chi connectivity index (χ1n) is 10.3. The summed E-state index contributed by atoms with van der Waals surface area (Å²) in [5.41, 5.74) is 3.03. The molecule has 180 valence electrons. The number of nitrogens with zero attached hydrogens (tertiary/aromatic N) is 2. The third-order valence-electron chi connectivity index (χ3n) is 4.38. The molecule has 0 radical (unpaired) electrons. The van der Waals surface area contributed by atoms with Gasteiger partial charge in [-0.2, -0.15) is 5.10 Å². The van der Waals surface area contributed by atoms with Crippen LogP contribution < -0.4 is 19.6 Å². The van der Waals surface area contributed by atoms with Crippen molar-refractivity contribution >= 4 is 35.4 Å². The molecule has 10 nitrogen and oxygen atoms in total. The molecule has 0 saturated carbocycles. The summed E-state index contributed by atoms with van der Waals surface area (Å²) in [5.74, 6) is -0.342. The van der Waals surface area contributed by atoms with E-state index in [2.05, 4.69) is 10.5 Å². The van der Waals surface area contributed by atoms with Crippen molar-refractivity contribution in [2.24, 2.45) is 5.10 Å². The highest BCUT2D eigenvalue weighted by Crippen LogP contribution is 2.29. The number of hydrogen-bond donors (Lipinski definition) is 1. The van der Waals surface area contributed by atoms with Gasteiger partial charge in [0.1, 0.15) is 5.75 Å². The number of benzene rings is 3. The fourth-order valence-corrected chi connectivity index (χ4v) is 2.98. The predicted octanol–water partition coefficient (Wildman–Crippen LogP) is 4.40. The van der Waals surface area contributed by atoms with Gasteiger partial charge in [-0.05, 0) is 55.0 Å². The zero-order valence-electron chi connectivity index (χ0n) is 18.5. The Hall–Kier alpha value is -4.44. The molecule has 0 heterocycles. The molecule has 3 aromatic rings. The Balaban J connectivity index is 1.58. The Morgan fingerprint density at radius 2 is 1.80 bits per heavy atom. The first kappa shape index (κ1) is 25.2. The van der Waals surface area contributed by atoms with E-state index in [9.17, 15) is 19.7 Å². The summed E-state index contributed by atoms with van der Waals surface area (Å²) in [4.78, 5) is 34.5. The van der Waals surface area contributed by atoms with Crippen molar-refractivity contribution in [3.8, 4) is 17.2 Å². The Morgan fingerprint density at radius 1 is 1.06 bits per heavy atom. The predicted molar refractivity (Wildman–Crippen MR) is 128 cm³/mol. The average Bonchev–Trinajstić information content (AvgIpc) is 2.85. The SMILES string of the molecule is CCOc1cc(/C=N/NC(=O)COc2ccc([N+](=O)[O-])cc2)ccc1OC(=O)c1ccccc1Cl. The van der Waals surface area contributed by atoms with E-state index in [-0.39, 0.29) is 28.6 Å². The van der Waals surface area contributed by atoms with Crippen LogP contribution in [0.4, 0.5) is 5.69 Å². The molecule has 0 aliphatic carbocycles. The lowest BCUT2D eigenvalue weighted by Crippen LogP contribution is -2.24. The van der Waals surface area contributed by atoms with Gasteiger partial charge in [0.2, 0.25) is 0 Å². The number of rotatable bonds is 10. The van der Waals surface area contributed by atoms with Gasteiger partial charge in [-0.3, -0.25) is 14.9 Å². The molecule has 0 aromatic heterocycles. The number of non-ortho nitro benzene ring substituents is 1. The average molecular weight is 498 g/mol. The minimum absolute atomic E-state index is 0.0810. The summed E-state index contributed by atoms with van der Waals surface area (Å²) < 4.78 is 16.3. The second kappa shape index (κ2) is 12.1. The summed E-state index contributed by atoms with van der Waals surface area (Å²) in [6.45, 7) is 1.77. The van der Waals surface area contributed by atoms with Gasteiger partial charge in [-0.15, -0.1) is 0 Å². The van der Waals surface area contributed by atoms with Crippen molar-refractivity contribution in [2.45, 2.75) is 6.92 Å². The van der Waals surface area contributed by atoms with Crippen LogP contribution in [0.3, 0.4) is 0 Å². The lowest BCUT2D eigenvalue weighted by molar-refractivity contribution is -0.384. The quantitative estimate of drug-likeness (QED) is 0.144. The molecular formula is C24H20ClN3O7. The standard InChI is InChI=1S/C24H20ClN3O7/c1-2-33-22-13-16(7-12-21(22)35-24(30)19-5-3-4-6-20(19)25)14-26-27-23(29)15-34-18-10-8-17(9-11-18)28(31)32/h3-14H,2,15H2,1H3,(H,27,29)/b26-14+. The fraction of sp³-hybridized carbons (Fsp3) is 0.125. The highest BCUT2D eigenvalue weighted by molar-refractivity contribution is 6.33. The van der Waals surface area contributed by atoms with Crippen LogP contribution in [-0.4, -0.2) is 36.2 Å². The smallest absolute Gasteiger partial charge is 0.345 e. The number of esters is 1. The Kier molecular flexibility index (Phi) is 8.74. The summed E-state index contributed by atoms with van der Waals surface area (Å²) >= 11 is 6.05. The third kappa shape index (κ3) is 7.27. The van der Waals surface area contributed by atoms with E-state index in [1.807, 2.05) is 0 Å². The van der Waals surface area contributed by atoms with Gasteiger partial charge in [0.25, 0.3) is 11.6 Å². The van der Waals surface area contributed by atoms with Crippen LogP contribution in [0.25, 0.3) is 0 Å². The van der Waals surface area contributed by atoms with Crippen LogP contribution in [0.2, 0.25) is 5.02 Å². The van der Waals surface area contributed by atoms with E-state index in [0.717, 1.165) is 0 Å². The van der Waals surface area contributed by atoms with Crippen molar-refractivity contribution in [3.05, 3.63) is 93.0 Å². The molecule has 0 aliphatic rings. The summed E-state index contributed by atoms with van der Waals surface area (Å²) in [6.07, 6.45) is 1.38. The lowest BCUT2D eigenvalue weighted by atomic mass is 10.2. The van der Waals surface area contributed by atoms with Crippen molar-refractivity contribution in [1.82, 2.24) is 5.43 Å². The second-order valence-corrected chi connectivity index (χ2v) is 7.25. The monoisotopic (exact) mass is 497 g/mol. The number of carbonyl (C=O) groups is 2. The molecule has 1 amide bonds. The molecule has 0 fully saturated rings. The fourth-order valence-electron chi connectivity index (χ4n) is 2.76. The number of carbonyl (C=O) groups excluding carboxylic acids is 2. The maximum Gasteiger partial charge on any atom is 0.345 e. The van der Waals surface area contributed by atoms with E-state index in [1.54, 1.807) is 49.4 Å². The van der Waals surface area contributed by atoms with Crippen LogP contribution >= 0.6 is 11.6 Å². The number of hydrazone groups is 1. The number of hydrogen-bond acceptors (Lipinski definition) is 8. The molecule has 11 heteroatoms. The molecule has 3 rings (SSSR count). The third-order valence-corrected chi connectivity index (χ3v) is 4.71. The summed E-state index contributed by atoms with van der Waals surface area (Å²) in [6, 6.07) is 16.6. The van der Waals surface area contributed by atoms with E-state index in [1.165, 1.54) is 30.5 Å². The maximum absolute atomic E-state index is 12.5. The minimum atomic E-state index is -0.627. The molecule has 0 spiro atoms. The summed E-state index contributed by atoms with van der Waals surface area (Å²) in [7, 11) is 0. The van der Waals surface area contributed by atoms with Gasteiger partial charge < -0.3 is 14.2 Å². The van der Waals surface area contributed by atoms with E-state index in [4.69, 9.17) is 25.8 Å². The van der Waals surface area contributed by atoms with Gasteiger partial charge in [0.15, 0.2) is 18.1 Å². The highest BCUT2D eigenvalue weighted by atomic mass is 35.5. The molecule has 0 bridgehead atoms. The molecule has 3 aromatic carbocycles. The first-order valence-corrected chi connectivity index (χ1v) is 10.7. The molecule has 0 saturated heterocycles. The maximum atomic E-state index is 12.5. The minimum Gasteiger partial charge on any atom is -0.490 e. The lowest BCUT2D eigenvalue weighted by Gasteiger charge is -2.12. The first-order chi connectivity index (χ1) is 16.9. The zero-order valence-corrected chi connectivity index (χ0v) is 19.2. The van der Waals surface area contributed by atoms with Crippen LogP contribution in [-0.2, 0) is 4.79 Å². The molecule has 1 N–H and O–H groups in total. The van der Waals surface area contributed by atoms with Crippen LogP contribution in [0.5, 0.6) is 17.2 Å². The van der Waals surface area contributed by atoms with Gasteiger partial charge in [-0.1, -0.05) is 23.7 Å². The molecule has 0 unspecified atom stereocenters. The van der Waals surface area contributed by atoms with Crippen molar-refractivity contribution in [2.75, 3.05) is 13.2 Å². The number of ether oxygens (including phenoxy) is 3. The topological polar surface area (TPSA) is 129 Å². The Morgan fingerprint density at radius 3 is 2.49 bits per heavy atom. The molecule has 0 aliphatic heterocycles. The van der Waals surface area contributed by atoms with Gasteiger partial charge >= 0.3 is 5.97 Å². The molecule has 0 atom stereocenters. The van der Waals surface area contributed by atoms with Crippen LogP contribution in [0.15, 0.2) is 71.8 Å². The highest BCUT2D eigenvalue weighted by Gasteiger charge is 2.15. The van der Waals surface area contributed by atoms with Crippen molar-refractivity contribution < 1.29 is 28.7 Å². The normalized spacial score (nSPS) is 10.6. The Bertz CT molecular complexity index is 1250. The number of halogens is 1. The molecular weight excluding hydrogens is 478 g/mol. The van der Waals surface area contributed by atoms with Crippen molar-refractivity contribution in [1.29, 1.82) is 0 Å². The summed E-state index contributed by atoms with van der Waals surface area (Å²) in [5, 5.41) is 14.8. The van der Waals surface area contributed by atoms with Crippen LogP contribution in [0, 0.1) is 10.1 Å². The number of amides is 1. The van der Waals surface area contributed by atoms with Gasteiger partial charge in [0.05, 0.1) is 28.3 Å². The van der Waals surface area contributed by atoms with Gasteiger partial charge in [0, 0.05) is 12.1 Å². The molecule has 35 heavy (non-hydrogen) atoms. The van der Waals surface area contributed by atoms with E-state index >= 15 is 0 Å². The zero-order chi connectivity index (χ0) is 25.2. The largest absolute Gasteiger partial charge is 0.490 e. The second-order valence-electron chi connectivity index (χ2n) is 6.84. The van der Waals surface area contributed by atoms with Crippen molar-refractivity contribution in [3.63, 3.8) is 0 Å². The van der Waals surface area contributed by atoms with Gasteiger partial charge in [-0.25, -0.2) is 10.2 Å². The number of nitrogens with one attached hydrogen (secondary N) is 1. The number of nitro groups is 1. The van der Waals surface area contributed by atoms with Crippen LogP contribution in [0.1, 0.15) is 22.8 Å². The number of nitro benzene ring substituents is 1. The Labute approximate surface area is 205 Å².